The minimum atomic E-state index is 0.0461. The Morgan fingerprint density at radius 2 is 1.91 bits per heavy atom. The van der Waals surface area contributed by atoms with Crippen LogP contribution in [0.2, 0.25) is 0 Å². The van der Waals surface area contributed by atoms with E-state index in [2.05, 4.69) is 37.1 Å². The van der Waals surface area contributed by atoms with Crippen molar-refractivity contribution < 1.29 is 4.79 Å². The molecule has 1 N–H and O–H groups in total. The van der Waals surface area contributed by atoms with Gasteiger partial charge in [0.15, 0.2) is 0 Å². The van der Waals surface area contributed by atoms with Crippen molar-refractivity contribution in [1.29, 1.82) is 0 Å². The molecule has 1 heterocycles. The van der Waals surface area contributed by atoms with E-state index >= 15 is 0 Å². The molecule has 1 aromatic rings. The summed E-state index contributed by atoms with van der Waals surface area (Å²) < 4.78 is 0. The van der Waals surface area contributed by atoms with Crippen LogP contribution in [0.1, 0.15) is 62.4 Å². The van der Waals surface area contributed by atoms with Gasteiger partial charge >= 0.3 is 0 Å². The van der Waals surface area contributed by atoms with Crippen molar-refractivity contribution in [2.75, 3.05) is 26.2 Å². The molecule has 1 amide bonds. The standard InChI is InChI=1S/C19H30N2O/c1-19(2,3)17-10-7-9-16(15-17)18(22)20-11-8-14-21-12-5-4-6-13-21/h7,9-10,15H,4-6,8,11-14H2,1-3H3,(H,20,22). The monoisotopic (exact) mass is 302 g/mol. The normalized spacial score (nSPS) is 16.5. The van der Waals surface area contributed by atoms with Gasteiger partial charge in [-0.05, 0) is 62.0 Å². The summed E-state index contributed by atoms with van der Waals surface area (Å²) in [4.78, 5) is 14.8. The van der Waals surface area contributed by atoms with E-state index < -0.39 is 0 Å². The lowest BCUT2D eigenvalue weighted by Crippen LogP contribution is -2.33. The molecule has 1 fully saturated rings. The number of piperidine rings is 1. The van der Waals surface area contributed by atoms with Crippen LogP contribution in [-0.2, 0) is 5.41 Å². The van der Waals surface area contributed by atoms with Crippen molar-refractivity contribution in [3.05, 3.63) is 35.4 Å². The van der Waals surface area contributed by atoms with Gasteiger partial charge in [-0.2, -0.15) is 0 Å². The number of nitrogens with one attached hydrogen (secondary N) is 1. The van der Waals surface area contributed by atoms with E-state index in [1.165, 1.54) is 37.9 Å². The molecular formula is C19H30N2O. The van der Waals surface area contributed by atoms with Gasteiger partial charge in [-0.3, -0.25) is 4.79 Å². The highest BCUT2D eigenvalue weighted by atomic mass is 16.1. The molecule has 1 aliphatic rings. The Bertz CT molecular complexity index is 484. The number of hydrogen-bond acceptors (Lipinski definition) is 2. The van der Waals surface area contributed by atoms with Gasteiger partial charge in [-0.25, -0.2) is 0 Å². The van der Waals surface area contributed by atoms with Crippen LogP contribution in [0.15, 0.2) is 24.3 Å². The molecule has 1 aromatic carbocycles. The Morgan fingerprint density at radius 1 is 1.18 bits per heavy atom. The molecule has 0 saturated carbocycles. The second-order valence-electron chi connectivity index (χ2n) is 7.34. The first-order valence-corrected chi connectivity index (χ1v) is 8.58. The molecule has 0 atom stereocenters. The first-order chi connectivity index (χ1) is 10.5. The number of nitrogens with zero attached hydrogens (tertiary/aromatic N) is 1. The highest BCUT2D eigenvalue weighted by Gasteiger charge is 2.15. The summed E-state index contributed by atoms with van der Waals surface area (Å²) in [6.45, 7) is 10.8. The maximum atomic E-state index is 12.3. The molecule has 0 aliphatic carbocycles. The molecule has 0 spiro atoms. The predicted molar refractivity (Wildman–Crippen MR) is 92.4 cm³/mol. The third-order valence-electron chi connectivity index (χ3n) is 4.38. The van der Waals surface area contributed by atoms with Gasteiger partial charge in [0.05, 0.1) is 0 Å². The van der Waals surface area contributed by atoms with E-state index in [1.807, 2.05) is 18.2 Å². The van der Waals surface area contributed by atoms with Crippen molar-refractivity contribution in [2.24, 2.45) is 0 Å². The molecule has 0 radical (unpaired) electrons. The lowest BCUT2D eigenvalue weighted by atomic mass is 9.86. The van der Waals surface area contributed by atoms with Crippen molar-refractivity contribution in [2.45, 2.75) is 51.9 Å². The quantitative estimate of drug-likeness (QED) is 0.843. The van der Waals surface area contributed by atoms with Gasteiger partial charge in [0.25, 0.3) is 5.91 Å². The number of hydrogen-bond donors (Lipinski definition) is 1. The van der Waals surface area contributed by atoms with Crippen LogP contribution in [0, 0.1) is 0 Å². The molecule has 22 heavy (non-hydrogen) atoms. The van der Waals surface area contributed by atoms with E-state index in [-0.39, 0.29) is 11.3 Å². The lowest BCUT2D eigenvalue weighted by Gasteiger charge is -2.26. The smallest absolute Gasteiger partial charge is 0.251 e. The van der Waals surface area contributed by atoms with Crippen molar-refractivity contribution in [3.63, 3.8) is 0 Å². The van der Waals surface area contributed by atoms with Gasteiger partial charge in [0.1, 0.15) is 0 Å². The van der Waals surface area contributed by atoms with Crippen LogP contribution in [0.3, 0.4) is 0 Å². The summed E-state index contributed by atoms with van der Waals surface area (Å²) in [5, 5.41) is 3.05. The summed E-state index contributed by atoms with van der Waals surface area (Å²) in [7, 11) is 0. The summed E-state index contributed by atoms with van der Waals surface area (Å²) in [5.74, 6) is 0.0461. The van der Waals surface area contributed by atoms with Crippen LogP contribution in [0.5, 0.6) is 0 Å². The second kappa shape index (κ2) is 7.77. The molecule has 1 saturated heterocycles. The maximum absolute atomic E-state index is 12.3. The third kappa shape index (κ3) is 5.13. The highest BCUT2D eigenvalue weighted by molar-refractivity contribution is 5.94. The molecule has 3 nitrogen and oxygen atoms in total. The highest BCUT2D eigenvalue weighted by Crippen LogP contribution is 2.22. The molecular weight excluding hydrogens is 272 g/mol. The largest absolute Gasteiger partial charge is 0.352 e. The molecule has 3 heteroatoms. The van der Waals surface area contributed by atoms with Gasteiger partial charge < -0.3 is 10.2 Å². The maximum Gasteiger partial charge on any atom is 0.251 e. The average molecular weight is 302 g/mol. The number of carbonyl (C=O) groups is 1. The molecule has 122 valence electrons. The molecule has 0 bridgehead atoms. The van der Waals surface area contributed by atoms with E-state index in [1.54, 1.807) is 0 Å². The summed E-state index contributed by atoms with van der Waals surface area (Å²) in [5.41, 5.74) is 2.05. The minimum absolute atomic E-state index is 0.0461. The van der Waals surface area contributed by atoms with Crippen molar-refractivity contribution in [3.8, 4) is 0 Å². The van der Waals surface area contributed by atoms with Gasteiger partial charge in [-0.1, -0.05) is 39.3 Å². The molecule has 2 rings (SSSR count). The van der Waals surface area contributed by atoms with Crippen LogP contribution in [-0.4, -0.2) is 37.0 Å². The number of amides is 1. The predicted octanol–water partition coefficient (Wildman–Crippen LogP) is 3.59. The number of rotatable bonds is 5. The zero-order valence-corrected chi connectivity index (χ0v) is 14.3. The fourth-order valence-electron chi connectivity index (χ4n) is 2.92. The summed E-state index contributed by atoms with van der Waals surface area (Å²) in [6.07, 6.45) is 5.06. The summed E-state index contributed by atoms with van der Waals surface area (Å²) in [6, 6.07) is 7.98. The van der Waals surface area contributed by atoms with Crippen LogP contribution < -0.4 is 5.32 Å². The average Bonchev–Trinajstić information content (AvgIpc) is 2.52. The third-order valence-corrected chi connectivity index (χ3v) is 4.38. The van der Waals surface area contributed by atoms with E-state index in [0.717, 1.165) is 25.1 Å². The van der Waals surface area contributed by atoms with Crippen LogP contribution in [0.4, 0.5) is 0 Å². The minimum Gasteiger partial charge on any atom is -0.352 e. The van der Waals surface area contributed by atoms with Crippen LogP contribution in [0.25, 0.3) is 0 Å². The lowest BCUT2D eigenvalue weighted by molar-refractivity contribution is 0.0951. The summed E-state index contributed by atoms with van der Waals surface area (Å²) >= 11 is 0. The van der Waals surface area contributed by atoms with Crippen LogP contribution >= 0.6 is 0 Å². The fraction of sp³-hybridized carbons (Fsp3) is 0.632. The first-order valence-electron chi connectivity index (χ1n) is 8.58. The Kier molecular flexibility index (Phi) is 6.01. The van der Waals surface area contributed by atoms with E-state index in [9.17, 15) is 4.79 Å². The Balaban J connectivity index is 1.77. The van der Waals surface area contributed by atoms with E-state index in [4.69, 9.17) is 0 Å². The SMILES string of the molecule is CC(C)(C)c1cccc(C(=O)NCCCN2CCCCC2)c1. The Labute approximate surface area is 135 Å². The Morgan fingerprint density at radius 3 is 2.59 bits per heavy atom. The fourth-order valence-corrected chi connectivity index (χ4v) is 2.92. The van der Waals surface area contributed by atoms with E-state index in [0.29, 0.717) is 0 Å². The zero-order chi connectivity index (χ0) is 16.0. The van der Waals surface area contributed by atoms with Crippen molar-refractivity contribution in [1.82, 2.24) is 10.2 Å². The van der Waals surface area contributed by atoms with Gasteiger partial charge in [-0.15, -0.1) is 0 Å². The van der Waals surface area contributed by atoms with Crippen molar-refractivity contribution >= 4 is 5.91 Å². The molecule has 1 aliphatic heterocycles. The molecule has 0 aromatic heterocycles. The topological polar surface area (TPSA) is 32.3 Å². The van der Waals surface area contributed by atoms with Gasteiger partial charge in [0.2, 0.25) is 0 Å². The first kappa shape index (κ1) is 17.0. The number of likely N-dealkylation sites (tertiary alicyclic amines) is 1. The Hall–Kier alpha value is -1.35. The second-order valence-corrected chi connectivity index (χ2v) is 7.34. The zero-order valence-electron chi connectivity index (χ0n) is 14.3. The molecule has 0 unspecified atom stereocenters. The number of benzene rings is 1. The van der Waals surface area contributed by atoms with Gasteiger partial charge in [0, 0.05) is 12.1 Å². The number of carbonyl (C=O) groups excluding carboxylic acids is 1.